The van der Waals surface area contributed by atoms with Crippen LogP contribution in [-0.4, -0.2) is 30.3 Å². The quantitative estimate of drug-likeness (QED) is 0.413. The molecule has 1 amide bonds. The molecule has 0 saturated carbocycles. The van der Waals surface area contributed by atoms with E-state index in [0.717, 1.165) is 16.8 Å². The average molecular weight is 474 g/mol. The van der Waals surface area contributed by atoms with Gasteiger partial charge in [-0.2, -0.15) is 11.8 Å². The van der Waals surface area contributed by atoms with Gasteiger partial charge >= 0.3 is 5.97 Å². The lowest BCUT2D eigenvalue weighted by molar-refractivity contribution is -0.142. The maximum Gasteiger partial charge on any atom is 0.310 e. The van der Waals surface area contributed by atoms with E-state index in [1.54, 1.807) is 37.9 Å². The van der Waals surface area contributed by atoms with Crippen LogP contribution in [0.1, 0.15) is 52.7 Å². The van der Waals surface area contributed by atoms with Crippen molar-refractivity contribution in [2.24, 2.45) is 5.92 Å². The predicted octanol–water partition coefficient (Wildman–Crippen LogP) is 6.22. The summed E-state index contributed by atoms with van der Waals surface area (Å²) in [5.74, 6) is 2.01. The lowest BCUT2D eigenvalue weighted by atomic mass is 10.1. The van der Waals surface area contributed by atoms with Crippen LogP contribution in [0.4, 0.5) is 5.69 Å². The van der Waals surface area contributed by atoms with Crippen LogP contribution >= 0.6 is 11.8 Å². The van der Waals surface area contributed by atoms with Crippen molar-refractivity contribution in [3.8, 4) is 17.2 Å². The molecule has 0 fully saturated rings. The number of nitrogens with one attached hydrogen (secondary N) is 1. The summed E-state index contributed by atoms with van der Waals surface area (Å²) in [5.41, 5.74) is 2.46. The molecule has 7 heteroatoms. The summed E-state index contributed by atoms with van der Waals surface area (Å²) in [5, 5.41) is 2.96. The van der Waals surface area contributed by atoms with E-state index in [0.29, 0.717) is 29.6 Å². The molecule has 0 radical (unpaired) electrons. The first-order chi connectivity index (χ1) is 15.5. The van der Waals surface area contributed by atoms with Crippen LogP contribution in [0.15, 0.2) is 36.4 Å². The van der Waals surface area contributed by atoms with Crippen LogP contribution in [-0.2, 0) is 26.5 Å². The predicted molar refractivity (Wildman–Crippen MR) is 134 cm³/mol. The summed E-state index contributed by atoms with van der Waals surface area (Å²) in [6, 6.07) is 11.0. The third-order valence-electron chi connectivity index (χ3n) is 4.61. The second kappa shape index (κ2) is 12.0. The molecule has 2 aromatic rings. The highest BCUT2D eigenvalue weighted by atomic mass is 32.2. The highest BCUT2D eigenvalue weighted by molar-refractivity contribution is 7.99. The van der Waals surface area contributed by atoms with E-state index in [4.69, 9.17) is 14.2 Å². The molecule has 33 heavy (non-hydrogen) atoms. The second-order valence-electron chi connectivity index (χ2n) is 8.94. The van der Waals surface area contributed by atoms with Crippen LogP contribution in [0.25, 0.3) is 0 Å². The smallest absolute Gasteiger partial charge is 0.310 e. The first kappa shape index (κ1) is 26.6. The number of esters is 1. The van der Waals surface area contributed by atoms with Crippen molar-refractivity contribution in [1.82, 2.24) is 0 Å². The van der Waals surface area contributed by atoms with Gasteiger partial charge in [0, 0.05) is 27.7 Å². The normalized spacial score (nSPS) is 11.3. The van der Waals surface area contributed by atoms with Crippen LogP contribution in [0.2, 0.25) is 0 Å². The Labute approximate surface area is 201 Å². The van der Waals surface area contributed by atoms with Crippen LogP contribution in [0.5, 0.6) is 17.2 Å². The molecule has 6 nitrogen and oxygen atoms in total. The van der Waals surface area contributed by atoms with E-state index < -0.39 is 0 Å². The molecule has 0 aromatic heterocycles. The summed E-state index contributed by atoms with van der Waals surface area (Å²) in [6.07, 6.45) is 0.154. The Balaban J connectivity index is 2.37. The molecule has 0 atom stereocenters. The standard InChI is InChI=1S/C26H35NO5S/c1-8-31-24(28)14-18-9-11-22(30-7)23(13-18)32-21-12-10-20(27-25(29)17(2)3)15-19(21)16-33-26(4,5)6/h9-13,15,17H,8,14,16H2,1-7H3,(H,27,29). The summed E-state index contributed by atoms with van der Waals surface area (Å²) >= 11 is 1.79. The van der Waals surface area contributed by atoms with Crippen molar-refractivity contribution >= 4 is 29.3 Å². The van der Waals surface area contributed by atoms with E-state index in [1.807, 2.05) is 38.1 Å². The van der Waals surface area contributed by atoms with E-state index >= 15 is 0 Å². The number of rotatable bonds is 10. The number of methoxy groups -OCH3 is 1. The zero-order valence-electron chi connectivity index (χ0n) is 20.6. The SMILES string of the molecule is CCOC(=O)Cc1ccc(OC)c(Oc2ccc(NC(=O)C(C)C)cc2CSC(C)(C)C)c1. The third kappa shape index (κ3) is 8.65. The van der Waals surface area contributed by atoms with Crippen molar-refractivity contribution in [2.75, 3.05) is 19.0 Å². The fourth-order valence-corrected chi connectivity index (χ4v) is 3.67. The molecule has 1 N–H and O–H groups in total. The number of hydrogen-bond donors (Lipinski definition) is 1. The highest BCUT2D eigenvalue weighted by Crippen LogP contribution is 2.38. The Hall–Kier alpha value is -2.67. The molecule has 0 saturated heterocycles. The number of ether oxygens (including phenoxy) is 3. The minimum atomic E-state index is -0.291. The van der Waals surface area contributed by atoms with Gasteiger partial charge in [-0.1, -0.05) is 40.7 Å². The van der Waals surface area contributed by atoms with E-state index in [9.17, 15) is 9.59 Å². The average Bonchev–Trinajstić information content (AvgIpc) is 2.73. The van der Waals surface area contributed by atoms with Crippen molar-refractivity contribution in [1.29, 1.82) is 0 Å². The molecule has 0 aliphatic carbocycles. The Morgan fingerprint density at radius 3 is 2.33 bits per heavy atom. The lowest BCUT2D eigenvalue weighted by Crippen LogP contribution is -2.17. The van der Waals surface area contributed by atoms with Gasteiger partial charge in [0.1, 0.15) is 5.75 Å². The molecule has 0 bridgehead atoms. The Morgan fingerprint density at radius 1 is 1.03 bits per heavy atom. The van der Waals surface area contributed by atoms with Gasteiger partial charge < -0.3 is 19.5 Å². The first-order valence-corrected chi connectivity index (χ1v) is 12.1. The molecule has 2 aromatic carbocycles. The highest BCUT2D eigenvalue weighted by Gasteiger charge is 2.17. The summed E-state index contributed by atoms with van der Waals surface area (Å²) in [7, 11) is 1.58. The summed E-state index contributed by atoms with van der Waals surface area (Å²) in [6.45, 7) is 12.3. The van der Waals surface area contributed by atoms with Crippen molar-refractivity contribution in [2.45, 2.75) is 58.5 Å². The maximum absolute atomic E-state index is 12.2. The van der Waals surface area contributed by atoms with Crippen LogP contribution in [0, 0.1) is 5.92 Å². The topological polar surface area (TPSA) is 73.9 Å². The fraction of sp³-hybridized carbons (Fsp3) is 0.462. The fourth-order valence-electron chi connectivity index (χ4n) is 2.86. The molecule has 0 spiro atoms. The summed E-state index contributed by atoms with van der Waals surface area (Å²) < 4.78 is 16.9. The minimum Gasteiger partial charge on any atom is -0.493 e. The molecular weight excluding hydrogens is 438 g/mol. The Bertz CT molecular complexity index is 966. The van der Waals surface area contributed by atoms with Gasteiger partial charge in [-0.05, 0) is 42.8 Å². The molecule has 0 aliphatic rings. The zero-order valence-corrected chi connectivity index (χ0v) is 21.4. The maximum atomic E-state index is 12.2. The Kier molecular flexibility index (Phi) is 9.65. The number of anilines is 1. The van der Waals surface area contributed by atoms with Gasteiger partial charge in [-0.15, -0.1) is 0 Å². The number of thioether (sulfide) groups is 1. The van der Waals surface area contributed by atoms with Gasteiger partial charge in [0.05, 0.1) is 20.1 Å². The monoisotopic (exact) mass is 473 g/mol. The van der Waals surface area contributed by atoms with Crippen molar-refractivity contribution in [3.63, 3.8) is 0 Å². The van der Waals surface area contributed by atoms with Crippen LogP contribution < -0.4 is 14.8 Å². The lowest BCUT2D eigenvalue weighted by Gasteiger charge is -2.20. The number of hydrogen-bond acceptors (Lipinski definition) is 6. The minimum absolute atomic E-state index is 0.0357. The third-order valence-corrected chi connectivity index (χ3v) is 5.94. The van der Waals surface area contributed by atoms with E-state index in [-0.39, 0.29) is 29.0 Å². The number of benzene rings is 2. The van der Waals surface area contributed by atoms with Gasteiger partial charge in [0.25, 0.3) is 0 Å². The number of amides is 1. The zero-order chi connectivity index (χ0) is 24.6. The van der Waals surface area contributed by atoms with Gasteiger partial charge in [-0.25, -0.2) is 0 Å². The van der Waals surface area contributed by atoms with Gasteiger partial charge in [0.2, 0.25) is 5.91 Å². The molecule has 180 valence electrons. The van der Waals surface area contributed by atoms with Crippen molar-refractivity contribution in [3.05, 3.63) is 47.5 Å². The van der Waals surface area contributed by atoms with Gasteiger partial charge in [-0.3, -0.25) is 9.59 Å². The largest absolute Gasteiger partial charge is 0.493 e. The van der Waals surface area contributed by atoms with Crippen molar-refractivity contribution < 1.29 is 23.8 Å². The number of carbonyl (C=O) groups excluding carboxylic acids is 2. The second-order valence-corrected chi connectivity index (χ2v) is 10.7. The molecule has 0 heterocycles. The first-order valence-electron chi connectivity index (χ1n) is 11.1. The molecule has 2 rings (SSSR count). The van der Waals surface area contributed by atoms with E-state index in [1.165, 1.54) is 0 Å². The number of carbonyl (C=O) groups is 2. The Morgan fingerprint density at radius 2 is 1.73 bits per heavy atom. The molecule has 0 unspecified atom stereocenters. The molecule has 0 aliphatic heterocycles. The van der Waals surface area contributed by atoms with Gasteiger partial charge in [0.15, 0.2) is 11.5 Å². The van der Waals surface area contributed by atoms with E-state index in [2.05, 4.69) is 26.1 Å². The van der Waals surface area contributed by atoms with Crippen LogP contribution in [0.3, 0.4) is 0 Å². The molecular formula is C26H35NO5S. The summed E-state index contributed by atoms with van der Waals surface area (Å²) in [4.78, 5) is 24.1.